The zero-order valence-electron chi connectivity index (χ0n) is 11.6. The molecule has 3 rings (SSSR count). The molecule has 0 saturated heterocycles. The van der Waals surface area contributed by atoms with Gasteiger partial charge >= 0.3 is 0 Å². The summed E-state index contributed by atoms with van der Waals surface area (Å²) in [5.74, 6) is 3.47. The van der Waals surface area contributed by atoms with Crippen molar-refractivity contribution in [1.82, 2.24) is 5.32 Å². The van der Waals surface area contributed by atoms with Crippen LogP contribution in [0.2, 0.25) is 0 Å². The third-order valence-electron chi connectivity index (χ3n) is 4.55. The molecule has 19 heavy (non-hydrogen) atoms. The summed E-state index contributed by atoms with van der Waals surface area (Å²) in [7, 11) is 0. The molecule has 2 nitrogen and oxygen atoms in total. The van der Waals surface area contributed by atoms with Crippen LogP contribution in [0.15, 0.2) is 42.5 Å². The van der Waals surface area contributed by atoms with Crippen molar-refractivity contribution in [3.05, 3.63) is 42.5 Å². The highest BCUT2D eigenvalue weighted by atomic mass is 16.5. The van der Waals surface area contributed by atoms with Crippen LogP contribution in [-0.2, 0) is 0 Å². The highest BCUT2D eigenvalue weighted by Crippen LogP contribution is 2.44. The summed E-state index contributed by atoms with van der Waals surface area (Å²) in [4.78, 5) is 0. The Morgan fingerprint density at radius 2 is 2.05 bits per heavy atom. The van der Waals surface area contributed by atoms with Gasteiger partial charge in [0, 0.05) is 12.6 Å². The Kier molecular flexibility index (Phi) is 3.88. The van der Waals surface area contributed by atoms with E-state index < -0.39 is 0 Å². The van der Waals surface area contributed by atoms with Crippen LogP contribution in [-0.4, -0.2) is 19.2 Å². The van der Waals surface area contributed by atoms with E-state index in [-0.39, 0.29) is 0 Å². The van der Waals surface area contributed by atoms with Crippen molar-refractivity contribution in [2.45, 2.75) is 25.8 Å². The van der Waals surface area contributed by atoms with Gasteiger partial charge in [0.2, 0.25) is 0 Å². The molecule has 0 spiro atoms. The van der Waals surface area contributed by atoms with Crippen LogP contribution in [0.1, 0.15) is 19.8 Å². The van der Waals surface area contributed by atoms with Gasteiger partial charge in [-0.15, -0.1) is 0 Å². The lowest BCUT2D eigenvalue weighted by Gasteiger charge is -2.26. The molecule has 1 aromatic rings. The quantitative estimate of drug-likeness (QED) is 0.624. The smallest absolute Gasteiger partial charge is 0.119 e. The number of rotatable bonds is 6. The summed E-state index contributed by atoms with van der Waals surface area (Å²) in [5, 5.41) is 3.62. The fourth-order valence-corrected chi connectivity index (χ4v) is 3.52. The van der Waals surface area contributed by atoms with Crippen molar-refractivity contribution in [2.75, 3.05) is 13.2 Å². The summed E-state index contributed by atoms with van der Waals surface area (Å²) in [6.45, 7) is 3.99. The molecule has 1 saturated carbocycles. The van der Waals surface area contributed by atoms with Crippen LogP contribution in [0.4, 0.5) is 0 Å². The molecule has 1 N–H and O–H groups in total. The summed E-state index contributed by atoms with van der Waals surface area (Å²) in [6.07, 6.45) is 7.59. The topological polar surface area (TPSA) is 21.3 Å². The summed E-state index contributed by atoms with van der Waals surface area (Å²) < 4.78 is 5.70. The minimum Gasteiger partial charge on any atom is -0.492 e. The lowest BCUT2D eigenvalue weighted by Crippen LogP contribution is -2.37. The van der Waals surface area contributed by atoms with E-state index in [4.69, 9.17) is 4.74 Å². The maximum atomic E-state index is 5.70. The second-order valence-electron chi connectivity index (χ2n) is 5.85. The van der Waals surface area contributed by atoms with Crippen LogP contribution in [0.3, 0.4) is 0 Å². The first-order valence-corrected chi connectivity index (χ1v) is 7.42. The summed E-state index contributed by atoms with van der Waals surface area (Å²) in [5.41, 5.74) is 0. The van der Waals surface area contributed by atoms with Gasteiger partial charge in [-0.05, 0) is 49.7 Å². The highest BCUT2D eigenvalue weighted by molar-refractivity contribution is 5.20. The zero-order valence-corrected chi connectivity index (χ0v) is 11.6. The number of allylic oxidation sites excluding steroid dienone is 2. The van der Waals surface area contributed by atoms with Crippen molar-refractivity contribution in [3.8, 4) is 5.75 Å². The van der Waals surface area contributed by atoms with Gasteiger partial charge in [0.05, 0.1) is 0 Å². The van der Waals surface area contributed by atoms with E-state index in [1.807, 2.05) is 30.3 Å². The predicted molar refractivity (Wildman–Crippen MR) is 78.2 cm³/mol. The molecule has 4 atom stereocenters. The normalized spacial score (nSPS) is 29.6. The molecule has 1 fully saturated rings. The first-order valence-electron chi connectivity index (χ1n) is 7.42. The van der Waals surface area contributed by atoms with Gasteiger partial charge < -0.3 is 10.1 Å². The molecule has 0 aromatic heterocycles. The number of para-hydroxylation sites is 1. The molecule has 2 heteroatoms. The Hall–Kier alpha value is -1.28. The standard InChI is InChI=1S/C17H23NO/c1-13(17-12-14-7-8-15(17)11-14)18-9-10-19-16-5-3-2-4-6-16/h2-8,13-15,17-18H,9-12H2,1H3. The Bertz CT molecular complexity index is 428. The van der Waals surface area contributed by atoms with E-state index in [2.05, 4.69) is 24.4 Å². The van der Waals surface area contributed by atoms with Gasteiger partial charge in [0.1, 0.15) is 12.4 Å². The molecule has 0 amide bonds. The number of hydrogen-bond donors (Lipinski definition) is 1. The van der Waals surface area contributed by atoms with Crippen LogP contribution < -0.4 is 10.1 Å². The second kappa shape index (κ2) is 5.79. The first-order chi connectivity index (χ1) is 9.33. The lowest BCUT2D eigenvalue weighted by molar-refractivity contribution is 0.276. The maximum Gasteiger partial charge on any atom is 0.119 e. The van der Waals surface area contributed by atoms with Gasteiger partial charge in [0.15, 0.2) is 0 Å². The highest BCUT2D eigenvalue weighted by Gasteiger charge is 2.38. The average Bonchev–Trinajstić information content (AvgIpc) is 3.07. The zero-order chi connectivity index (χ0) is 13.1. The van der Waals surface area contributed by atoms with Gasteiger partial charge in [-0.1, -0.05) is 30.4 Å². The van der Waals surface area contributed by atoms with Gasteiger partial charge in [-0.25, -0.2) is 0 Å². The molecule has 0 aliphatic heterocycles. The fraction of sp³-hybridized carbons (Fsp3) is 0.529. The molecular weight excluding hydrogens is 234 g/mol. The van der Waals surface area contributed by atoms with E-state index >= 15 is 0 Å². The number of ether oxygens (including phenoxy) is 1. The maximum absolute atomic E-state index is 5.70. The van der Waals surface area contributed by atoms with E-state index in [1.165, 1.54) is 12.8 Å². The van der Waals surface area contributed by atoms with E-state index in [1.54, 1.807) is 0 Å². The second-order valence-corrected chi connectivity index (χ2v) is 5.85. The van der Waals surface area contributed by atoms with E-state index in [0.29, 0.717) is 6.04 Å². The molecular formula is C17H23NO. The molecule has 102 valence electrons. The van der Waals surface area contributed by atoms with Crippen molar-refractivity contribution >= 4 is 0 Å². The minimum absolute atomic E-state index is 0.597. The van der Waals surface area contributed by atoms with Gasteiger partial charge in [-0.3, -0.25) is 0 Å². The first kappa shape index (κ1) is 12.7. The van der Waals surface area contributed by atoms with Crippen LogP contribution >= 0.6 is 0 Å². The predicted octanol–water partition coefficient (Wildman–Crippen LogP) is 3.26. The summed E-state index contributed by atoms with van der Waals surface area (Å²) >= 11 is 0. The third-order valence-corrected chi connectivity index (χ3v) is 4.55. The molecule has 0 heterocycles. The number of benzene rings is 1. The van der Waals surface area contributed by atoms with E-state index in [9.17, 15) is 0 Å². The molecule has 2 bridgehead atoms. The average molecular weight is 257 g/mol. The van der Waals surface area contributed by atoms with Crippen molar-refractivity contribution in [2.24, 2.45) is 17.8 Å². The monoisotopic (exact) mass is 257 g/mol. The number of hydrogen-bond acceptors (Lipinski definition) is 2. The Balaban J connectivity index is 1.37. The van der Waals surface area contributed by atoms with Gasteiger partial charge in [-0.2, -0.15) is 0 Å². The Morgan fingerprint density at radius 3 is 2.74 bits per heavy atom. The minimum atomic E-state index is 0.597. The van der Waals surface area contributed by atoms with Crippen molar-refractivity contribution in [3.63, 3.8) is 0 Å². The Morgan fingerprint density at radius 1 is 1.21 bits per heavy atom. The van der Waals surface area contributed by atoms with Crippen molar-refractivity contribution < 1.29 is 4.74 Å². The van der Waals surface area contributed by atoms with Crippen LogP contribution in [0, 0.1) is 17.8 Å². The number of fused-ring (bicyclic) bond motifs is 2. The molecule has 2 aliphatic carbocycles. The Labute approximate surface area is 115 Å². The molecule has 1 aromatic carbocycles. The molecule has 2 aliphatic rings. The van der Waals surface area contributed by atoms with Crippen molar-refractivity contribution in [1.29, 1.82) is 0 Å². The van der Waals surface area contributed by atoms with Gasteiger partial charge in [0.25, 0.3) is 0 Å². The van der Waals surface area contributed by atoms with Crippen LogP contribution in [0.25, 0.3) is 0 Å². The number of nitrogens with one attached hydrogen (secondary N) is 1. The summed E-state index contributed by atoms with van der Waals surface area (Å²) in [6, 6.07) is 10.6. The third kappa shape index (κ3) is 3.01. The molecule has 4 unspecified atom stereocenters. The molecule has 0 radical (unpaired) electrons. The van der Waals surface area contributed by atoms with E-state index in [0.717, 1.165) is 36.7 Å². The fourth-order valence-electron chi connectivity index (χ4n) is 3.52. The lowest BCUT2D eigenvalue weighted by atomic mass is 9.87. The van der Waals surface area contributed by atoms with Crippen LogP contribution in [0.5, 0.6) is 5.75 Å². The largest absolute Gasteiger partial charge is 0.492 e. The SMILES string of the molecule is CC(NCCOc1ccccc1)C1CC2C=CC1C2.